The number of aryl methyl sites for hydroxylation is 2. The fourth-order valence-corrected chi connectivity index (χ4v) is 3.24. The lowest BCUT2D eigenvalue weighted by Crippen LogP contribution is -2.33. The molecule has 0 saturated carbocycles. The summed E-state index contributed by atoms with van der Waals surface area (Å²) in [5.41, 5.74) is 2.88. The Kier molecular flexibility index (Phi) is 4.60. The van der Waals surface area contributed by atoms with Gasteiger partial charge in [-0.1, -0.05) is 30.3 Å². The van der Waals surface area contributed by atoms with E-state index in [1.165, 1.54) is 6.07 Å². The highest BCUT2D eigenvalue weighted by Gasteiger charge is 2.13. The lowest BCUT2D eigenvalue weighted by atomic mass is 10.1. The Morgan fingerprint density at radius 1 is 0.931 bits per heavy atom. The van der Waals surface area contributed by atoms with Crippen molar-refractivity contribution >= 4 is 22.5 Å². The van der Waals surface area contributed by atoms with Crippen LogP contribution in [0.3, 0.4) is 0 Å². The maximum Gasteiger partial charge on any atom is 0.333 e. The first-order chi connectivity index (χ1) is 13.9. The summed E-state index contributed by atoms with van der Waals surface area (Å²) in [4.78, 5) is 40.8. The first-order valence-electron chi connectivity index (χ1n) is 9.17. The smallest absolute Gasteiger partial charge is 0.322 e. The Balaban J connectivity index is 1.75. The van der Waals surface area contributed by atoms with E-state index in [4.69, 9.17) is 0 Å². The van der Waals surface area contributed by atoms with E-state index >= 15 is 0 Å². The van der Waals surface area contributed by atoms with Crippen LogP contribution >= 0.6 is 0 Å². The van der Waals surface area contributed by atoms with Gasteiger partial charge in [0.1, 0.15) is 0 Å². The third kappa shape index (κ3) is 3.48. The topological polar surface area (TPSA) is 84.0 Å². The zero-order valence-corrected chi connectivity index (χ0v) is 16.0. The minimum absolute atomic E-state index is 0.311. The monoisotopic (exact) mass is 385 g/mol. The molecule has 29 heavy (non-hydrogen) atoms. The minimum Gasteiger partial charge on any atom is -0.322 e. The number of para-hydroxylation sites is 1. The van der Waals surface area contributed by atoms with Gasteiger partial charge in [0.05, 0.1) is 16.6 Å². The number of carbonyl (C=O) groups excluding carboxylic acids is 1. The largest absolute Gasteiger partial charge is 0.333 e. The van der Waals surface area contributed by atoms with Crippen LogP contribution in [-0.4, -0.2) is 15.5 Å². The molecule has 1 amide bonds. The summed E-state index contributed by atoms with van der Waals surface area (Å²) < 4.78 is 1.08. The molecule has 144 valence electrons. The second-order valence-electron chi connectivity index (χ2n) is 6.94. The summed E-state index contributed by atoms with van der Waals surface area (Å²) in [6, 6.07) is 19.2. The van der Waals surface area contributed by atoms with E-state index in [0.717, 1.165) is 21.4 Å². The molecule has 0 saturated heterocycles. The Morgan fingerprint density at radius 2 is 1.69 bits per heavy atom. The number of carbonyl (C=O) groups is 1. The highest BCUT2D eigenvalue weighted by atomic mass is 16.2. The lowest BCUT2D eigenvalue weighted by molar-refractivity contribution is 0.102. The Morgan fingerprint density at radius 3 is 2.45 bits per heavy atom. The Labute approximate surface area is 166 Å². The van der Waals surface area contributed by atoms with Crippen molar-refractivity contribution in [3.8, 4) is 5.69 Å². The van der Waals surface area contributed by atoms with Gasteiger partial charge in [0.25, 0.3) is 11.5 Å². The van der Waals surface area contributed by atoms with Crippen molar-refractivity contribution in [3.05, 3.63) is 104 Å². The van der Waals surface area contributed by atoms with E-state index in [2.05, 4.69) is 10.3 Å². The van der Waals surface area contributed by atoms with Crippen molar-refractivity contribution in [1.82, 2.24) is 9.55 Å². The summed E-state index contributed by atoms with van der Waals surface area (Å²) in [6.45, 7) is 3.87. The zero-order valence-electron chi connectivity index (χ0n) is 16.0. The van der Waals surface area contributed by atoms with Gasteiger partial charge in [0.15, 0.2) is 0 Å². The summed E-state index contributed by atoms with van der Waals surface area (Å²) in [5.74, 6) is -0.311. The third-order valence-electron chi connectivity index (χ3n) is 4.82. The van der Waals surface area contributed by atoms with Crippen LogP contribution in [0, 0.1) is 13.8 Å². The number of hydrogen-bond acceptors (Lipinski definition) is 3. The molecule has 0 fully saturated rings. The molecule has 0 radical (unpaired) electrons. The molecule has 0 spiro atoms. The molecular weight excluding hydrogens is 366 g/mol. The van der Waals surface area contributed by atoms with Crippen molar-refractivity contribution in [2.45, 2.75) is 13.8 Å². The van der Waals surface area contributed by atoms with Gasteiger partial charge in [0.2, 0.25) is 0 Å². The molecule has 0 atom stereocenters. The van der Waals surface area contributed by atoms with Crippen LogP contribution in [0.4, 0.5) is 5.69 Å². The fourth-order valence-electron chi connectivity index (χ4n) is 3.24. The van der Waals surface area contributed by atoms with Crippen molar-refractivity contribution < 1.29 is 4.79 Å². The van der Waals surface area contributed by atoms with Crippen LogP contribution in [-0.2, 0) is 0 Å². The number of hydrogen-bond donors (Lipinski definition) is 2. The number of H-pyrrole nitrogens is 1. The van der Waals surface area contributed by atoms with Gasteiger partial charge in [-0.15, -0.1) is 0 Å². The molecule has 4 aromatic rings. The fraction of sp³-hybridized carbons (Fsp3) is 0.0870. The molecule has 1 heterocycles. The Hall–Kier alpha value is -3.93. The predicted octanol–water partition coefficient (Wildman–Crippen LogP) is 3.55. The van der Waals surface area contributed by atoms with Crippen LogP contribution in [0.1, 0.15) is 21.5 Å². The zero-order chi connectivity index (χ0) is 20.5. The van der Waals surface area contributed by atoms with Crippen molar-refractivity contribution in [2.24, 2.45) is 0 Å². The number of aromatic amines is 1. The van der Waals surface area contributed by atoms with E-state index < -0.39 is 11.2 Å². The predicted molar refractivity (Wildman–Crippen MR) is 114 cm³/mol. The molecule has 6 nitrogen and oxygen atoms in total. The first kappa shape index (κ1) is 18.4. The van der Waals surface area contributed by atoms with Gasteiger partial charge in [-0.2, -0.15) is 0 Å². The van der Waals surface area contributed by atoms with E-state index in [0.29, 0.717) is 22.2 Å². The maximum absolute atomic E-state index is 12.8. The van der Waals surface area contributed by atoms with Crippen molar-refractivity contribution in [3.63, 3.8) is 0 Å². The van der Waals surface area contributed by atoms with Crippen LogP contribution < -0.4 is 16.6 Å². The van der Waals surface area contributed by atoms with Crippen LogP contribution in [0.5, 0.6) is 0 Å². The molecule has 1 aromatic heterocycles. The lowest BCUT2D eigenvalue weighted by Gasteiger charge is -2.10. The van der Waals surface area contributed by atoms with Crippen LogP contribution in [0.25, 0.3) is 16.6 Å². The van der Waals surface area contributed by atoms with Gasteiger partial charge < -0.3 is 10.3 Å². The molecule has 0 bridgehead atoms. The summed E-state index contributed by atoms with van der Waals surface area (Å²) in [5, 5.41) is 3.21. The van der Waals surface area contributed by atoms with E-state index in [1.54, 1.807) is 36.4 Å². The average Bonchev–Trinajstić information content (AvgIpc) is 2.71. The van der Waals surface area contributed by atoms with Crippen molar-refractivity contribution in [1.29, 1.82) is 0 Å². The van der Waals surface area contributed by atoms with Gasteiger partial charge in [-0.05, 0) is 61.4 Å². The molecule has 0 aliphatic rings. The maximum atomic E-state index is 12.8. The number of nitrogens with zero attached hydrogens (tertiary/aromatic N) is 1. The van der Waals surface area contributed by atoms with E-state index in [-0.39, 0.29) is 5.91 Å². The first-order valence-corrected chi connectivity index (χ1v) is 9.17. The third-order valence-corrected chi connectivity index (χ3v) is 4.82. The quantitative estimate of drug-likeness (QED) is 0.566. The molecule has 0 aliphatic heterocycles. The number of nitrogens with one attached hydrogen (secondary N) is 2. The molecule has 2 N–H and O–H groups in total. The van der Waals surface area contributed by atoms with Crippen LogP contribution in [0.15, 0.2) is 76.3 Å². The summed E-state index contributed by atoms with van der Waals surface area (Å²) in [6.07, 6.45) is 0. The molecule has 4 rings (SSSR count). The standard InChI is InChI=1S/C23H19N3O3/c1-14-8-9-15(2)19(12-14)24-21(27)16-10-11-18-20(13-16)25-23(29)26(22(18)28)17-6-4-3-5-7-17/h3-13H,1-2H3,(H,24,27)(H,25,29). The minimum atomic E-state index is -0.555. The van der Waals surface area contributed by atoms with E-state index in [1.807, 2.05) is 38.1 Å². The van der Waals surface area contributed by atoms with E-state index in [9.17, 15) is 14.4 Å². The summed E-state index contributed by atoms with van der Waals surface area (Å²) >= 11 is 0. The number of benzene rings is 3. The van der Waals surface area contributed by atoms with Gasteiger partial charge in [-0.3, -0.25) is 9.59 Å². The number of anilines is 1. The second kappa shape index (κ2) is 7.24. The molecule has 6 heteroatoms. The number of amides is 1. The van der Waals surface area contributed by atoms with Gasteiger partial charge in [-0.25, -0.2) is 9.36 Å². The van der Waals surface area contributed by atoms with Crippen LogP contribution in [0.2, 0.25) is 0 Å². The second-order valence-corrected chi connectivity index (χ2v) is 6.94. The number of rotatable bonds is 3. The molecule has 0 unspecified atom stereocenters. The normalized spacial score (nSPS) is 10.8. The number of aromatic nitrogens is 2. The van der Waals surface area contributed by atoms with Gasteiger partial charge >= 0.3 is 5.69 Å². The molecule has 3 aromatic carbocycles. The van der Waals surface area contributed by atoms with Crippen molar-refractivity contribution in [2.75, 3.05) is 5.32 Å². The average molecular weight is 385 g/mol. The Bertz CT molecular complexity index is 1350. The summed E-state index contributed by atoms with van der Waals surface area (Å²) in [7, 11) is 0. The van der Waals surface area contributed by atoms with Gasteiger partial charge in [0, 0.05) is 11.3 Å². The highest BCUT2D eigenvalue weighted by Crippen LogP contribution is 2.18. The number of fused-ring (bicyclic) bond motifs is 1. The molecular formula is C23H19N3O3. The molecule has 0 aliphatic carbocycles. The SMILES string of the molecule is Cc1ccc(C)c(NC(=O)c2ccc3c(=O)n(-c4ccccc4)c(=O)[nH]c3c2)c1. The highest BCUT2D eigenvalue weighted by molar-refractivity contribution is 6.06.